The van der Waals surface area contributed by atoms with Crippen LogP contribution >= 0.6 is 0 Å². The third-order valence-corrected chi connectivity index (χ3v) is 3.40. The van der Waals surface area contributed by atoms with Crippen LogP contribution in [-0.2, 0) is 0 Å². The van der Waals surface area contributed by atoms with Crippen molar-refractivity contribution in [1.82, 2.24) is 0 Å². The van der Waals surface area contributed by atoms with Crippen molar-refractivity contribution >= 4 is 33.8 Å². The van der Waals surface area contributed by atoms with Crippen molar-refractivity contribution in [2.75, 3.05) is 11.1 Å². The van der Waals surface area contributed by atoms with Crippen molar-refractivity contribution in [3.8, 4) is 0 Å². The lowest BCUT2D eigenvalue weighted by atomic mass is 10.1. The first-order valence-corrected chi connectivity index (χ1v) is 6.75. The molecule has 0 saturated heterocycles. The summed E-state index contributed by atoms with van der Waals surface area (Å²) < 4.78 is 5.06. The summed E-state index contributed by atoms with van der Waals surface area (Å²) in [6, 6.07) is 14.1. The maximum absolute atomic E-state index is 11.8. The number of carbonyl (C=O) groups excluding carboxylic acids is 1. The van der Waals surface area contributed by atoms with Crippen molar-refractivity contribution < 1.29 is 9.21 Å². The molecule has 5 heteroatoms. The molecule has 110 valence electrons. The number of anilines is 3. The summed E-state index contributed by atoms with van der Waals surface area (Å²) in [5, 5.41) is 4.24. The first kappa shape index (κ1) is 13.9. The molecule has 0 saturated carbocycles. The highest BCUT2D eigenvalue weighted by atomic mass is 16.4. The van der Waals surface area contributed by atoms with E-state index in [1.807, 2.05) is 12.1 Å². The molecule has 22 heavy (non-hydrogen) atoms. The van der Waals surface area contributed by atoms with Gasteiger partial charge in [-0.3, -0.25) is 4.79 Å². The van der Waals surface area contributed by atoms with Gasteiger partial charge in [-0.1, -0.05) is 30.3 Å². The van der Waals surface area contributed by atoms with E-state index in [1.54, 1.807) is 36.4 Å². The summed E-state index contributed by atoms with van der Waals surface area (Å²) in [6.07, 6.45) is 0. The van der Waals surface area contributed by atoms with E-state index < -0.39 is 5.63 Å². The average molecular weight is 294 g/mol. The minimum absolute atomic E-state index is 0.0110. The van der Waals surface area contributed by atoms with Crippen LogP contribution in [0.5, 0.6) is 0 Å². The molecule has 0 aliphatic carbocycles. The molecule has 3 N–H and O–H groups in total. The number of Topliss-reactive ketones (excluding diaryl/α,β-unsaturated/α-hetero) is 1. The van der Waals surface area contributed by atoms with E-state index in [4.69, 9.17) is 10.2 Å². The fourth-order valence-electron chi connectivity index (χ4n) is 2.31. The maximum atomic E-state index is 11.8. The van der Waals surface area contributed by atoms with Crippen LogP contribution in [-0.4, -0.2) is 5.78 Å². The molecule has 0 radical (unpaired) electrons. The molecular weight excluding hydrogens is 280 g/mol. The van der Waals surface area contributed by atoms with Crippen LogP contribution < -0.4 is 16.7 Å². The normalized spacial score (nSPS) is 10.6. The number of fused-ring (bicyclic) bond motifs is 1. The summed E-state index contributed by atoms with van der Waals surface area (Å²) in [5.74, 6) is -0.0157. The Morgan fingerprint density at radius 2 is 1.82 bits per heavy atom. The fraction of sp³-hybridized carbons (Fsp3) is 0.0588. The SMILES string of the molecule is CC(=O)c1cccc(Nc2c(N)oc(=O)c3ccccc23)c1. The number of rotatable bonds is 3. The molecule has 2 aromatic carbocycles. The van der Waals surface area contributed by atoms with Crippen molar-refractivity contribution in [2.24, 2.45) is 0 Å². The minimum Gasteiger partial charge on any atom is -0.404 e. The Balaban J connectivity index is 2.13. The van der Waals surface area contributed by atoms with Crippen LogP contribution in [0.1, 0.15) is 17.3 Å². The quantitative estimate of drug-likeness (QED) is 0.724. The van der Waals surface area contributed by atoms with Gasteiger partial charge >= 0.3 is 5.63 Å². The summed E-state index contributed by atoms with van der Waals surface area (Å²) in [6.45, 7) is 1.50. The van der Waals surface area contributed by atoms with Gasteiger partial charge < -0.3 is 15.5 Å². The molecule has 0 atom stereocenters. The van der Waals surface area contributed by atoms with Crippen molar-refractivity contribution in [1.29, 1.82) is 0 Å². The first-order chi connectivity index (χ1) is 10.6. The number of nitrogens with one attached hydrogen (secondary N) is 1. The van der Waals surface area contributed by atoms with E-state index in [0.29, 0.717) is 27.7 Å². The van der Waals surface area contributed by atoms with E-state index >= 15 is 0 Å². The van der Waals surface area contributed by atoms with E-state index in [2.05, 4.69) is 5.32 Å². The summed E-state index contributed by atoms with van der Waals surface area (Å²) in [4.78, 5) is 23.3. The van der Waals surface area contributed by atoms with Crippen LogP contribution in [0.15, 0.2) is 57.7 Å². The lowest BCUT2D eigenvalue weighted by Gasteiger charge is -2.11. The summed E-state index contributed by atoms with van der Waals surface area (Å²) >= 11 is 0. The molecule has 0 fully saturated rings. The summed E-state index contributed by atoms with van der Waals surface area (Å²) in [7, 11) is 0. The molecule has 5 nitrogen and oxygen atoms in total. The Labute approximate surface area is 126 Å². The van der Waals surface area contributed by atoms with Gasteiger partial charge in [0.25, 0.3) is 0 Å². The molecule has 1 aromatic heterocycles. The zero-order valence-corrected chi connectivity index (χ0v) is 11.9. The van der Waals surface area contributed by atoms with Gasteiger partial charge in [-0.2, -0.15) is 0 Å². The highest BCUT2D eigenvalue weighted by Crippen LogP contribution is 2.30. The van der Waals surface area contributed by atoms with Gasteiger partial charge in [0.05, 0.1) is 5.39 Å². The predicted octanol–water partition coefficient (Wildman–Crippen LogP) is 3.32. The van der Waals surface area contributed by atoms with E-state index in [1.165, 1.54) is 6.92 Å². The molecule has 0 unspecified atom stereocenters. The number of benzene rings is 2. The van der Waals surface area contributed by atoms with Gasteiger partial charge in [0.15, 0.2) is 5.78 Å². The zero-order valence-electron chi connectivity index (χ0n) is 11.9. The average Bonchev–Trinajstić information content (AvgIpc) is 2.52. The lowest BCUT2D eigenvalue weighted by Crippen LogP contribution is -2.06. The first-order valence-electron chi connectivity index (χ1n) is 6.75. The Kier molecular flexibility index (Phi) is 3.39. The predicted molar refractivity (Wildman–Crippen MR) is 86.6 cm³/mol. The highest BCUT2D eigenvalue weighted by Gasteiger charge is 2.12. The molecule has 0 aliphatic rings. The highest BCUT2D eigenvalue weighted by molar-refractivity contribution is 5.99. The lowest BCUT2D eigenvalue weighted by molar-refractivity contribution is 0.101. The third-order valence-electron chi connectivity index (χ3n) is 3.40. The van der Waals surface area contributed by atoms with Gasteiger partial charge in [0.2, 0.25) is 5.88 Å². The van der Waals surface area contributed by atoms with E-state index in [-0.39, 0.29) is 11.7 Å². The Morgan fingerprint density at radius 1 is 1.09 bits per heavy atom. The number of ketones is 1. The number of nitrogen functional groups attached to an aromatic ring is 1. The summed E-state index contributed by atoms with van der Waals surface area (Å²) in [5.41, 5.74) is 7.15. The van der Waals surface area contributed by atoms with Crippen LogP contribution in [0, 0.1) is 0 Å². The van der Waals surface area contributed by atoms with Crippen LogP contribution in [0.2, 0.25) is 0 Å². The van der Waals surface area contributed by atoms with Crippen molar-refractivity contribution in [2.45, 2.75) is 6.92 Å². The molecule has 3 aromatic rings. The number of nitrogens with two attached hydrogens (primary N) is 1. The van der Waals surface area contributed by atoms with Gasteiger partial charge in [0, 0.05) is 16.6 Å². The topological polar surface area (TPSA) is 85.3 Å². The molecule has 0 bridgehead atoms. The van der Waals surface area contributed by atoms with E-state index in [9.17, 15) is 9.59 Å². The standard InChI is InChI=1S/C17H14N2O3/c1-10(20)11-5-4-6-12(9-11)19-15-13-7-2-3-8-14(13)17(21)22-16(15)18/h2-9,19H,18H2,1H3. The van der Waals surface area contributed by atoms with E-state index in [0.717, 1.165) is 0 Å². The second-order valence-corrected chi connectivity index (χ2v) is 4.94. The number of carbonyl (C=O) groups is 1. The van der Waals surface area contributed by atoms with Gasteiger partial charge in [-0.05, 0) is 25.1 Å². The van der Waals surface area contributed by atoms with Crippen LogP contribution in [0.25, 0.3) is 10.8 Å². The maximum Gasteiger partial charge on any atom is 0.345 e. The number of hydrogen-bond acceptors (Lipinski definition) is 5. The Morgan fingerprint density at radius 3 is 2.55 bits per heavy atom. The van der Waals surface area contributed by atoms with Crippen LogP contribution in [0.4, 0.5) is 17.3 Å². The molecule has 0 aliphatic heterocycles. The van der Waals surface area contributed by atoms with Gasteiger partial charge in [-0.15, -0.1) is 0 Å². The van der Waals surface area contributed by atoms with Crippen molar-refractivity contribution in [3.05, 3.63) is 64.5 Å². The van der Waals surface area contributed by atoms with Crippen LogP contribution in [0.3, 0.4) is 0 Å². The second kappa shape index (κ2) is 5.37. The zero-order chi connectivity index (χ0) is 15.7. The van der Waals surface area contributed by atoms with Gasteiger partial charge in [0.1, 0.15) is 5.69 Å². The molecule has 3 rings (SSSR count). The third kappa shape index (κ3) is 2.44. The number of hydrogen-bond donors (Lipinski definition) is 2. The van der Waals surface area contributed by atoms with Gasteiger partial charge in [-0.25, -0.2) is 4.79 Å². The fourth-order valence-corrected chi connectivity index (χ4v) is 2.31. The van der Waals surface area contributed by atoms with Crippen molar-refractivity contribution in [3.63, 3.8) is 0 Å². The molecule has 0 amide bonds. The Hall–Kier alpha value is -3.08. The molecule has 1 heterocycles. The smallest absolute Gasteiger partial charge is 0.345 e. The molecule has 0 spiro atoms. The largest absolute Gasteiger partial charge is 0.404 e. The minimum atomic E-state index is -0.476. The Bertz CT molecular complexity index is 929. The molecular formula is C17H14N2O3. The second-order valence-electron chi connectivity index (χ2n) is 4.94. The monoisotopic (exact) mass is 294 g/mol.